The number of ether oxygens (including phenoxy) is 1. The molecule has 0 radical (unpaired) electrons. The van der Waals surface area contributed by atoms with Crippen LogP contribution in [0.25, 0.3) is 0 Å². The van der Waals surface area contributed by atoms with Crippen molar-refractivity contribution >= 4 is 11.6 Å². The molecule has 8 nitrogen and oxygen atoms in total. The van der Waals surface area contributed by atoms with Gasteiger partial charge in [-0.3, -0.25) is 9.69 Å². The van der Waals surface area contributed by atoms with Crippen LogP contribution in [0.15, 0.2) is 42.7 Å². The van der Waals surface area contributed by atoms with E-state index < -0.39 is 29.2 Å². The number of halogens is 4. The first-order chi connectivity index (χ1) is 23.0. The van der Waals surface area contributed by atoms with E-state index in [1.165, 1.54) is 11.0 Å². The van der Waals surface area contributed by atoms with Crippen LogP contribution < -0.4 is 4.90 Å². The van der Waals surface area contributed by atoms with Gasteiger partial charge in [0, 0.05) is 49.5 Å². The highest BCUT2D eigenvalue weighted by molar-refractivity contribution is 6.10. The summed E-state index contributed by atoms with van der Waals surface area (Å²) in [5.74, 6) is 0.106. The van der Waals surface area contributed by atoms with Crippen molar-refractivity contribution in [1.82, 2.24) is 24.6 Å². The quantitative estimate of drug-likeness (QED) is 0.249. The van der Waals surface area contributed by atoms with Gasteiger partial charge in [0.2, 0.25) is 0 Å². The van der Waals surface area contributed by atoms with Gasteiger partial charge in [-0.05, 0) is 66.8 Å². The highest BCUT2D eigenvalue weighted by atomic mass is 19.4. The standard InChI is InChI=1S/C36H44F4N6O2/c1-23(2)31-19-43(3)12-13-44(31)17-24-14-28-29(30(15-24)36(38,39)40)18-45(34(28)47)27-11-7-8-25(16-27)35(20-48-21-35)32(37)33-42-41-22-46(33)26-9-5-4-6-10-26/h7-8,11,14-16,22-23,26,31-32H,4-6,9-10,12-13,17-21H2,1-3H3/t31-,32-/m1/s1. The fraction of sp³-hybridized carbons (Fsp3) is 0.583. The highest BCUT2D eigenvalue weighted by Crippen LogP contribution is 2.48. The Labute approximate surface area is 279 Å². The summed E-state index contributed by atoms with van der Waals surface area (Å²) in [5.41, 5.74) is -0.246. The molecule has 2 aromatic carbocycles. The van der Waals surface area contributed by atoms with E-state index in [-0.39, 0.29) is 48.8 Å². The minimum atomic E-state index is -4.62. The summed E-state index contributed by atoms with van der Waals surface area (Å²) in [6, 6.07) is 10.2. The molecule has 1 amide bonds. The molecule has 1 saturated carbocycles. The van der Waals surface area contributed by atoms with E-state index in [1.807, 2.05) is 4.57 Å². The maximum atomic E-state index is 16.7. The second-order valence-electron chi connectivity index (χ2n) is 14.6. The first kappa shape index (κ1) is 33.2. The second kappa shape index (κ2) is 12.8. The van der Waals surface area contributed by atoms with Crippen LogP contribution in [0.4, 0.5) is 23.2 Å². The molecule has 3 fully saturated rings. The van der Waals surface area contributed by atoms with Gasteiger partial charge in [0.1, 0.15) is 6.33 Å². The summed E-state index contributed by atoms with van der Waals surface area (Å²) in [6.07, 6.45) is 0.689. The number of hydrogen-bond acceptors (Lipinski definition) is 6. The molecule has 2 saturated heterocycles. The number of nitrogens with zero attached hydrogens (tertiary/aromatic N) is 6. The number of carbonyl (C=O) groups is 1. The number of anilines is 1. The highest BCUT2D eigenvalue weighted by Gasteiger charge is 2.51. The number of alkyl halides is 4. The molecular weight excluding hydrogens is 624 g/mol. The van der Waals surface area contributed by atoms with Crippen molar-refractivity contribution in [2.24, 2.45) is 5.92 Å². The summed E-state index contributed by atoms with van der Waals surface area (Å²) in [5, 5.41) is 8.28. The summed E-state index contributed by atoms with van der Waals surface area (Å²) in [7, 11) is 2.06. The fourth-order valence-electron chi connectivity index (χ4n) is 8.16. The SMILES string of the molecule is CC(C)[C@H]1CN(C)CCN1Cc1cc2c(c(C(F)(F)F)c1)CN(c1cccc(C3([C@H](F)c4nncn4C4CCCCC4)COC3)c1)C2=O. The van der Waals surface area contributed by atoms with Crippen LogP contribution >= 0.6 is 0 Å². The van der Waals surface area contributed by atoms with E-state index in [0.29, 0.717) is 29.3 Å². The maximum Gasteiger partial charge on any atom is 0.416 e. The first-order valence-electron chi connectivity index (χ1n) is 17.2. The number of amides is 1. The Morgan fingerprint density at radius 2 is 1.83 bits per heavy atom. The summed E-state index contributed by atoms with van der Waals surface area (Å²) in [6.45, 7) is 7.02. The first-order valence-corrected chi connectivity index (χ1v) is 17.2. The van der Waals surface area contributed by atoms with Crippen LogP contribution in [0, 0.1) is 5.92 Å². The molecule has 0 spiro atoms. The molecule has 4 aliphatic rings. The molecule has 3 aromatic rings. The number of rotatable bonds is 8. The molecular formula is C36H44F4N6O2. The largest absolute Gasteiger partial charge is 0.416 e. The third kappa shape index (κ3) is 5.94. The van der Waals surface area contributed by atoms with Crippen molar-refractivity contribution in [2.75, 3.05) is 44.8 Å². The molecule has 1 aromatic heterocycles. The molecule has 48 heavy (non-hydrogen) atoms. The van der Waals surface area contributed by atoms with Crippen LogP contribution in [-0.4, -0.2) is 76.4 Å². The summed E-state index contributed by atoms with van der Waals surface area (Å²) < 4.78 is 67.8. The molecule has 0 unspecified atom stereocenters. The Kier molecular flexibility index (Phi) is 8.87. The van der Waals surface area contributed by atoms with E-state index in [4.69, 9.17) is 4.74 Å². The Morgan fingerprint density at radius 3 is 2.52 bits per heavy atom. The van der Waals surface area contributed by atoms with Gasteiger partial charge in [0.05, 0.1) is 30.7 Å². The van der Waals surface area contributed by atoms with Crippen LogP contribution in [0.2, 0.25) is 0 Å². The Hall–Kier alpha value is -3.35. The lowest BCUT2D eigenvalue weighted by atomic mass is 9.74. The Bertz CT molecular complexity index is 1650. The van der Waals surface area contributed by atoms with Gasteiger partial charge in [-0.25, -0.2) is 4.39 Å². The number of carbonyl (C=O) groups excluding carboxylic acids is 1. The molecule has 258 valence electrons. The monoisotopic (exact) mass is 668 g/mol. The molecule has 3 aliphatic heterocycles. The second-order valence-corrected chi connectivity index (χ2v) is 14.6. The smallest absolute Gasteiger partial charge is 0.379 e. The summed E-state index contributed by atoms with van der Waals surface area (Å²) in [4.78, 5) is 19.8. The number of aromatic nitrogens is 3. The topological polar surface area (TPSA) is 66.7 Å². The van der Waals surface area contributed by atoms with Gasteiger partial charge in [-0.15, -0.1) is 10.2 Å². The number of benzene rings is 2. The van der Waals surface area contributed by atoms with E-state index in [0.717, 1.165) is 51.7 Å². The summed E-state index contributed by atoms with van der Waals surface area (Å²) >= 11 is 0. The molecule has 2 atom stereocenters. The predicted molar refractivity (Wildman–Crippen MR) is 173 cm³/mol. The van der Waals surface area contributed by atoms with Gasteiger partial charge >= 0.3 is 6.18 Å². The van der Waals surface area contributed by atoms with E-state index in [2.05, 4.69) is 40.9 Å². The van der Waals surface area contributed by atoms with E-state index >= 15 is 4.39 Å². The average Bonchev–Trinajstić information content (AvgIpc) is 3.66. The van der Waals surface area contributed by atoms with Gasteiger partial charge in [-0.2, -0.15) is 13.2 Å². The van der Waals surface area contributed by atoms with Crippen LogP contribution in [0.5, 0.6) is 0 Å². The number of piperazine rings is 1. The van der Waals surface area contributed by atoms with Gasteiger partial charge < -0.3 is 19.1 Å². The fourth-order valence-corrected chi connectivity index (χ4v) is 8.16. The van der Waals surface area contributed by atoms with Crippen LogP contribution in [0.1, 0.15) is 96.6 Å². The molecule has 12 heteroatoms. The van der Waals surface area contributed by atoms with E-state index in [9.17, 15) is 18.0 Å². The van der Waals surface area contributed by atoms with Crippen LogP contribution in [0.3, 0.4) is 0 Å². The zero-order chi connectivity index (χ0) is 33.8. The molecule has 4 heterocycles. The molecule has 0 N–H and O–H groups in total. The van der Waals surface area contributed by atoms with Crippen molar-refractivity contribution in [3.05, 3.63) is 76.4 Å². The number of hydrogen-bond donors (Lipinski definition) is 0. The Morgan fingerprint density at radius 1 is 1.06 bits per heavy atom. The maximum absolute atomic E-state index is 16.7. The van der Waals surface area contributed by atoms with Crippen LogP contribution in [-0.2, 0) is 29.4 Å². The van der Waals surface area contributed by atoms with Crippen molar-refractivity contribution in [2.45, 2.75) is 88.9 Å². The minimum absolute atomic E-state index is 0.0221. The van der Waals surface area contributed by atoms with Gasteiger partial charge in [-0.1, -0.05) is 45.2 Å². The van der Waals surface area contributed by atoms with Gasteiger partial charge in [0.15, 0.2) is 12.0 Å². The average molecular weight is 669 g/mol. The van der Waals surface area contributed by atoms with Crippen molar-refractivity contribution in [3.8, 4) is 0 Å². The van der Waals surface area contributed by atoms with Crippen molar-refractivity contribution in [1.29, 1.82) is 0 Å². The predicted octanol–water partition coefficient (Wildman–Crippen LogP) is 6.71. The Balaban J connectivity index is 1.18. The lowest BCUT2D eigenvalue weighted by molar-refractivity contribution is -0.138. The normalized spacial score (nSPS) is 23.0. The van der Waals surface area contributed by atoms with Crippen molar-refractivity contribution in [3.63, 3.8) is 0 Å². The molecule has 1 aliphatic carbocycles. The van der Waals surface area contributed by atoms with Crippen molar-refractivity contribution < 1.29 is 27.1 Å². The number of fused-ring (bicyclic) bond motifs is 1. The lowest BCUT2D eigenvalue weighted by Gasteiger charge is -2.44. The third-order valence-electron chi connectivity index (χ3n) is 11.0. The minimum Gasteiger partial charge on any atom is -0.379 e. The third-order valence-corrected chi connectivity index (χ3v) is 11.0. The zero-order valence-corrected chi connectivity index (χ0v) is 27.8. The molecule has 0 bridgehead atoms. The lowest BCUT2D eigenvalue weighted by Crippen LogP contribution is -2.53. The zero-order valence-electron chi connectivity index (χ0n) is 27.8. The molecule has 7 rings (SSSR count). The van der Waals surface area contributed by atoms with E-state index in [1.54, 1.807) is 36.7 Å². The number of likely N-dealkylation sites (N-methyl/N-ethyl adjacent to an activating group) is 1. The van der Waals surface area contributed by atoms with Gasteiger partial charge in [0.25, 0.3) is 5.91 Å².